The Labute approximate surface area is 119 Å². The van der Waals surface area contributed by atoms with Crippen molar-refractivity contribution in [3.8, 4) is 0 Å². The maximum atomic E-state index is 10.7. The van der Waals surface area contributed by atoms with E-state index in [1.807, 2.05) is 6.07 Å². The summed E-state index contributed by atoms with van der Waals surface area (Å²) >= 11 is 0. The molecule has 5 heteroatoms. The van der Waals surface area contributed by atoms with Gasteiger partial charge in [-0.15, -0.1) is 0 Å². The fraction of sp³-hybridized carbons (Fsp3) is 0.600. The predicted octanol–water partition coefficient (Wildman–Crippen LogP) is 1.50. The van der Waals surface area contributed by atoms with Crippen molar-refractivity contribution in [2.45, 2.75) is 37.7 Å². The van der Waals surface area contributed by atoms with Gasteiger partial charge in [0.2, 0.25) is 0 Å². The van der Waals surface area contributed by atoms with Crippen LogP contribution < -0.4 is 10.6 Å². The highest BCUT2D eigenvalue weighted by atomic mass is 16.3. The third-order valence-corrected chi connectivity index (χ3v) is 4.81. The van der Waals surface area contributed by atoms with Crippen LogP contribution in [0, 0.1) is 11.3 Å². The molecule has 2 heterocycles. The van der Waals surface area contributed by atoms with Crippen LogP contribution in [0.1, 0.15) is 37.7 Å². The van der Waals surface area contributed by atoms with Crippen LogP contribution in [0.4, 0.5) is 5.82 Å². The Balaban J connectivity index is 1.79. The highest BCUT2D eigenvalue weighted by Gasteiger charge is 2.42. The molecule has 2 atom stereocenters. The summed E-state index contributed by atoms with van der Waals surface area (Å²) in [5.41, 5.74) is 5.78. The summed E-state index contributed by atoms with van der Waals surface area (Å²) in [7, 11) is 0. The van der Waals surface area contributed by atoms with Gasteiger partial charge in [-0.05, 0) is 31.4 Å². The lowest BCUT2D eigenvalue weighted by Crippen LogP contribution is -2.53. The van der Waals surface area contributed by atoms with Crippen LogP contribution in [-0.4, -0.2) is 34.6 Å². The SMILES string of the molecule is N=C(N)c1ccnc(N2CCC3(O)CCCCC3C2)c1. The summed E-state index contributed by atoms with van der Waals surface area (Å²) in [5.74, 6) is 1.28. The maximum absolute atomic E-state index is 10.7. The van der Waals surface area contributed by atoms with Crippen molar-refractivity contribution in [1.29, 1.82) is 5.41 Å². The lowest BCUT2D eigenvalue weighted by Gasteiger charge is -2.47. The van der Waals surface area contributed by atoms with Crippen molar-refractivity contribution in [2.75, 3.05) is 18.0 Å². The molecule has 2 fully saturated rings. The van der Waals surface area contributed by atoms with Crippen LogP contribution in [0.25, 0.3) is 0 Å². The lowest BCUT2D eigenvalue weighted by molar-refractivity contribution is -0.0613. The largest absolute Gasteiger partial charge is 0.389 e. The average molecular weight is 274 g/mol. The Morgan fingerprint density at radius 3 is 3.10 bits per heavy atom. The zero-order valence-electron chi connectivity index (χ0n) is 11.7. The van der Waals surface area contributed by atoms with Crippen LogP contribution in [0.3, 0.4) is 0 Å². The molecule has 108 valence electrons. The fourth-order valence-corrected chi connectivity index (χ4v) is 3.54. The molecule has 0 aromatic carbocycles. The third-order valence-electron chi connectivity index (χ3n) is 4.81. The van der Waals surface area contributed by atoms with Crippen molar-refractivity contribution in [1.82, 2.24) is 4.98 Å². The molecule has 1 saturated heterocycles. The molecule has 1 aromatic rings. The minimum atomic E-state index is -0.465. The molecule has 0 spiro atoms. The Morgan fingerprint density at radius 1 is 1.45 bits per heavy atom. The summed E-state index contributed by atoms with van der Waals surface area (Å²) in [5, 5.41) is 18.2. The number of nitrogens with zero attached hydrogens (tertiary/aromatic N) is 2. The molecule has 1 saturated carbocycles. The highest BCUT2D eigenvalue weighted by Crippen LogP contribution is 2.40. The second kappa shape index (κ2) is 5.05. The molecule has 0 radical (unpaired) electrons. The Kier molecular flexibility index (Phi) is 3.38. The zero-order chi connectivity index (χ0) is 14.2. The first-order chi connectivity index (χ1) is 9.58. The number of hydrogen-bond acceptors (Lipinski definition) is 4. The summed E-state index contributed by atoms with van der Waals surface area (Å²) in [4.78, 5) is 6.62. The number of fused-ring (bicyclic) bond motifs is 1. The van der Waals surface area contributed by atoms with E-state index < -0.39 is 5.60 Å². The van der Waals surface area contributed by atoms with Crippen molar-refractivity contribution < 1.29 is 5.11 Å². The quantitative estimate of drug-likeness (QED) is 0.563. The van der Waals surface area contributed by atoms with E-state index in [1.54, 1.807) is 12.3 Å². The number of piperidine rings is 1. The van der Waals surface area contributed by atoms with Crippen molar-refractivity contribution in [2.24, 2.45) is 11.7 Å². The van der Waals surface area contributed by atoms with Gasteiger partial charge in [0.05, 0.1) is 5.60 Å². The van der Waals surface area contributed by atoms with Gasteiger partial charge in [-0.3, -0.25) is 5.41 Å². The van der Waals surface area contributed by atoms with Crippen LogP contribution in [-0.2, 0) is 0 Å². The minimum absolute atomic E-state index is 0.0693. The molecule has 1 aliphatic carbocycles. The topological polar surface area (TPSA) is 86.2 Å². The Bertz CT molecular complexity index is 518. The summed E-state index contributed by atoms with van der Waals surface area (Å²) in [6.45, 7) is 1.67. The van der Waals surface area contributed by atoms with Crippen LogP contribution >= 0.6 is 0 Å². The fourth-order valence-electron chi connectivity index (χ4n) is 3.54. The zero-order valence-corrected chi connectivity index (χ0v) is 11.7. The van der Waals surface area contributed by atoms with Gasteiger partial charge in [0.1, 0.15) is 11.7 Å². The van der Waals surface area contributed by atoms with Gasteiger partial charge in [0.25, 0.3) is 0 Å². The number of hydrogen-bond donors (Lipinski definition) is 3. The molecular weight excluding hydrogens is 252 g/mol. The number of aromatic nitrogens is 1. The van der Waals surface area contributed by atoms with Crippen LogP contribution in [0.5, 0.6) is 0 Å². The molecule has 2 unspecified atom stereocenters. The molecule has 4 N–H and O–H groups in total. The standard InChI is InChI=1S/C15H22N4O/c16-14(17)11-4-7-18-13(9-11)19-8-6-15(20)5-2-1-3-12(15)10-19/h4,7,9,12,20H,1-3,5-6,8,10H2,(H3,16,17). The van der Waals surface area contributed by atoms with E-state index in [1.165, 1.54) is 6.42 Å². The number of nitrogens with two attached hydrogens (primary N) is 1. The Hall–Kier alpha value is -1.62. The second-order valence-corrected chi connectivity index (χ2v) is 6.06. The van der Waals surface area contributed by atoms with E-state index >= 15 is 0 Å². The van der Waals surface area contributed by atoms with Crippen molar-refractivity contribution in [3.63, 3.8) is 0 Å². The number of amidine groups is 1. The first-order valence-corrected chi connectivity index (χ1v) is 7.36. The molecule has 5 nitrogen and oxygen atoms in total. The maximum Gasteiger partial charge on any atom is 0.129 e. The molecule has 1 aromatic heterocycles. The van der Waals surface area contributed by atoms with Crippen molar-refractivity contribution in [3.05, 3.63) is 23.9 Å². The molecular formula is C15H22N4O. The molecule has 2 aliphatic rings. The van der Waals surface area contributed by atoms with Crippen LogP contribution in [0.15, 0.2) is 18.3 Å². The van der Waals surface area contributed by atoms with Gasteiger partial charge in [0.15, 0.2) is 0 Å². The molecule has 0 amide bonds. The monoisotopic (exact) mass is 274 g/mol. The van der Waals surface area contributed by atoms with E-state index in [0.29, 0.717) is 11.5 Å². The van der Waals surface area contributed by atoms with E-state index in [0.717, 1.165) is 44.6 Å². The first kappa shape index (κ1) is 13.4. The molecule has 3 rings (SSSR count). The number of aliphatic hydroxyl groups is 1. The first-order valence-electron chi connectivity index (χ1n) is 7.36. The van der Waals surface area contributed by atoms with Gasteiger partial charge in [-0.25, -0.2) is 4.98 Å². The van der Waals surface area contributed by atoms with Gasteiger partial charge >= 0.3 is 0 Å². The number of pyridine rings is 1. The van der Waals surface area contributed by atoms with Gasteiger partial charge in [-0.2, -0.15) is 0 Å². The summed E-state index contributed by atoms with van der Waals surface area (Å²) < 4.78 is 0. The number of anilines is 1. The third kappa shape index (κ3) is 2.38. The van der Waals surface area contributed by atoms with Crippen LogP contribution in [0.2, 0.25) is 0 Å². The van der Waals surface area contributed by atoms with E-state index in [2.05, 4.69) is 9.88 Å². The van der Waals surface area contributed by atoms with E-state index in [9.17, 15) is 5.11 Å². The minimum Gasteiger partial charge on any atom is -0.389 e. The van der Waals surface area contributed by atoms with E-state index in [4.69, 9.17) is 11.1 Å². The molecule has 1 aliphatic heterocycles. The lowest BCUT2D eigenvalue weighted by atomic mass is 9.71. The number of nitrogens with one attached hydrogen (secondary N) is 1. The van der Waals surface area contributed by atoms with Crippen molar-refractivity contribution >= 4 is 11.7 Å². The normalized spacial score (nSPS) is 29.9. The summed E-state index contributed by atoms with van der Waals surface area (Å²) in [6, 6.07) is 3.63. The van der Waals surface area contributed by atoms with Gasteiger partial charge in [-0.1, -0.05) is 12.8 Å². The van der Waals surface area contributed by atoms with Gasteiger partial charge in [0, 0.05) is 30.8 Å². The van der Waals surface area contributed by atoms with Gasteiger partial charge < -0.3 is 15.7 Å². The molecule has 0 bridgehead atoms. The Morgan fingerprint density at radius 2 is 2.30 bits per heavy atom. The smallest absolute Gasteiger partial charge is 0.129 e. The predicted molar refractivity (Wildman–Crippen MR) is 79.0 cm³/mol. The second-order valence-electron chi connectivity index (χ2n) is 6.06. The molecule has 20 heavy (non-hydrogen) atoms. The average Bonchev–Trinajstić information content (AvgIpc) is 2.46. The summed E-state index contributed by atoms with van der Waals surface area (Å²) in [6.07, 6.45) is 6.90. The number of rotatable bonds is 2. The highest BCUT2D eigenvalue weighted by molar-refractivity contribution is 5.95. The van der Waals surface area contributed by atoms with E-state index in [-0.39, 0.29) is 5.84 Å². The number of nitrogen functional groups attached to an aromatic ring is 1.